The summed E-state index contributed by atoms with van der Waals surface area (Å²) in [6.07, 6.45) is 3.03. The van der Waals surface area contributed by atoms with Gasteiger partial charge in [-0.1, -0.05) is 13.8 Å². The second-order valence-electron chi connectivity index (χ2n) is 6.13. The first kappa shape index (κ1) is 20.7. The maximum Gasteiger partial charge on any atom is 0.251 e. The Morgan fingerprint density at radius 2 is 2.08 bits per heavy atom. The van der Waals surface area contributed by atoms with Gasteiger partial charge in [0, 0.05) is 31.8 Å². The molecule has 7 nitrogen and oxygen atoms in total. The van der Waals surface area contributed by atoms with Crippen molar-refractivity contribution in [1.29, 1.82) is 0 Å². The summed E-state index contributed by atoms with van der Waals surface area (Å²) in [5, 5.41) is 2.83. The second kappa shape index (κ2) is 9.34. The van der Waals surface area contributed by atoms with Crippen molar-refractivity contribution in [1.82, 2.24) is 9.62 Å². The molecule has 1 saturated heterocycles. The van der Waals surface area contributed by atoms with E-state index in [1.54, 1.807) is 19.9 Å². The Hall–Kier alpha value is -1.64. The van der Waals surface area contributed by atoms with Gasteiger partial charge in [0.05, 0.1) is 13.2 Å². The minimum atomic E-state index is -3.73. The molecule has 1 aromatic carbocycles. The molecular formula is C18H28N2O5S. The minimum absolute atomic E-state index is 0.00970. The molecule has 2 rings (SSSR count). The second-order valence-corrected chi connectivity index (χ2v) is 8.04. The Bertz CT molecular complexity index is 710. The van der Waals surface area contributed by atoms with E-state index >= 15 is 0 Å². The van der Waals surface area contributed by atoms with Gasteiger partial charge in [0.2, 0.25) is 10.0 Å². The number of carbonyl (C=O) groups excluding carboxylic acids is 1. The first-order valence-electron chi connectivity index (χ1n) is 9.02. The molecule has 0 radical (unpaired) electrons. The Morgan fingerprint density at radius 3 is 2.65 bits per heavy atom. The van der Waals surface area contributed by atoms with Crippen LogP contribution in [0.5, 0.6) is 5.75 Å². The summed E-state index contributed by atoms with van der Waals surface area (Å²) in [5.74, 6) is -0.0746. The van der Waals surface area contributed by atoms with Crippen LogP contribution >= 0.6 is 0 Å². The molecule has 1 atom stereocenters. The number of methoxy groups -OCH3 is 1. The lowest BCUT2D eigenvalue weighted by Gasteiger charge is -2.20. The van der Waals surface area contributed by atoms with Crippen molar-refractivity contribution in [3.63, 3.8) is 0 Å². The first-order chi connectivity index (χ1) is 12.4. The van der Waals surface area contributed by atoms with Gasteiger partial charge < -0.3 is 14.8 Å². The molecule has 1 fully saturated rings. The van der Waals surface area contributed by atoms with Crippen LogP contribution < -0.4 is 10.1 Å². The number of hydrogen-bond donors (Lipinski definition) is 1. The zero-order chi connectivity index (χ0) is 19.2. The van der Waals surface area contributed by atoms with Crippen molar-refractivity contribution in [2.45, 2.75) is 44.1 Å². The fourth-order valence-corrected chi connectivity index (χ4v) is 4.68. The summed E-state index contributed by atoms with van der Waals surface area (Å²) in [7, 11) is -2.31. The Morgan fingerprint density at radius 1 is 1.35 bits per heavy atom. The number of carbonyl (C=O) groups is 1. The third-order valence-electron chi connectivity index (χ3n) is 4.52. The van der Waals surface area contributed by atoms with Crippen molar-refractivity contribution in [3.05, 3.63) is 23.8 Å². The van der Waals surface area contributed by atoms with Gasteiger partial charge in [-0.2, -0.15) is 4.31 Å². The van der Waals surface area contributed by atoms with Crippen LogP contribution in [0.25, 0.3) is 0 Å². The summed E-state index contributed by atoms with van der Waals surface area (Å²) in [5.41, 5.74) is 0.295. The number of amides is 1. The first-order valence-corrected chi connectivity index (χ1v) is 10.5. The normalized spacial score (nSPS) is 17.5. The van der Waals surface area contributed by atoms with Crippen molar-refractivity contribution < 1.29 is 22.7 Å². The van der Waals surface area contributed by atoms with Crippen LogP contribution in [0, 0.1) is 0 Å². The van der Waals surface area contributed by atoms with Crippen molar-refractivity contribution in [2.24, 2.45) is 0 Å². The molecule has 1 unspecified atom stereocenters. The van der Waals surface area contributed by atoms with E-state index in [1.807, 2.05) is 0 Å². The minimum Gasteiger partial charge on any atom is -0.495 e. The summed E-state index contributed by atoms with van der Waals surface area (Å²) in [6.45, 7) is 5.52. The SMILES string of the molecule is CCN(CC)S(=O)(=O)c1cc(C(=O)NCCC2CCCO2)ccc1OC. The third kappa shape index (κ3) is 4.75. The predicted molar refractivity (Wildman–Crippen MR) is 99.0 cm³/mol. The summed E-state index contributed by atoms with van der Waals surface area (Å²) in [6, 6.07) is 4.47. The molecule has 1 aromatic rings. The zero-order valence-corrected chi connectivity index (χ0v) is 16.5. The van der Waals surface area contributed by atoms with Gasteiger partial charge in [-0.05, 0) is 37.5 Å². The largest absolute Gasteiger partial charge is 0.495 e. The highest BCUT2D eigenvalue weighted by molar-refractivity contribution is 7.89. The number of nitrogens with zero attached hydrogens (tertiary/aromatic N) is 1. The fourth-order valence-electron chi connectivity index (χ4n) is 3.04. The molecule has 1 N–H and O–H groups in total. The van der Waals surface area contributed by atoms with Gasteiger partial charge in [0.15, 0.2) is 0 Å². The Labute approximate surface area is 155 Å². The number of rotatable bonds is 9. The number of sulfonamides is 1. The van der Waals surface area contributed by atoms with Gasteiger partial charge in [0.1, 0.15) is 10.6 Å². The van der Waals surface area contributed by atoms with Gasteiger partial charge in [-0.3, -0.25) is 4.79 Å². The number of hydrogen-bond acceptors (Lipinski definition) is 5. The third-order valence-corrected chi connectivity index (χ3v) is 6.60. The highest BCUT2D eigenvalue weighted by Crippen LogP contribution is 2.28. The van der Waals surface area contributed by atoms with E-state index in [1.165, 1.54) is 23.5 Å². The van der Waals surface area contributed by atoms with E-state index in [0.717, 1.165) is 25.9 Å². The summed E-state index contributed by atoms with van der Waals surface area (Å²) >= 11 is 0. The van der Waals surface area contributed by atoms with Crippen LogP contribution in [0.4, 0.5) is 0 Å². The van der Waals surface area contributed by atoms with Gasteiger partial charge in [-0.25, -0.2) is 8.42 Å². The maximum absolute atomic E-state index is 12.8. The van der Waals surface area contributed by atoms with Gasteiger partial charge in [-0.15, -0.1) is 0 Å². The van der Waals surface area contributed by atoms with E-state index in [4.69, 9.17) is 9.47 Å². The molecule has 1 aliphatic rings. The highest BCUT2D eigenvalue weighted by atomic mass is 32.2. The fraction of sp³-hybridized carbons (Fsp3) is 0.611. The van der Waals surface area contributed by atoms with E-state index < -0.39 is 10.0 Å². The topological polar surface area (TPSA) is 84.9 Å². The zero-order valence-electron chi connectivity index (χ0n) is 15.7. The van der Waals surface area contributed by atoms with Crippen LogP contribution in [0.2, 0.25) is 0 Å². The molecule has 1 aliphatic heterocycles. The molecule has 146 valence electrons. The van der Waals surface area contributed by atoms with E-state index in [0.29, 0.717) is 25.2 Å². The number of ether oxygens (including phenoxy) is 2. The van der Waals surface area contributed by atoms with Crippen molar-refractivity contribution in [3.8, 4) is 5.75 Å². The number of nitrogens with one attached hydrogen (secondary N) is 1. The predicted octanol–water partition coefficient (Wildman–Crippen LogP) is 2.02. The van der Waals surface area contributed by atoms with E-state index in [9.17, 15) is 13.2 Å². The molecule has 1 heterocycles. The van der Waals surface area contributed by atoms with Crippen LogP contribution in [0.1, 0.15) is 43.5 Å². The highest BCUT2D eigenvalue weighted by Gasteiger charge is 2.27. The Kier molecular flexibility index (Phi) is 7.43. The lowest BCUT2D eigenvalue weighted by molar-refractivity contribution is 0.0907. The molecule has 0 aliphatic carbocycles. The lowest BCUT2D eigenvalue weighted by atomic mass is 10.1. The molecule has 0 saturated carbocycles. The average Bonchev–Trinajstić information content (AvgIpc) is 3.15. The van der Waals surface area contributed by atoms with Gasteiger partial charge in [0.25, 0.3) is 5.91 Å². The van der Waals surface area contributed by atoms with Crippen LogP contribution in [-0.2, 0) is 14.8 Å². The van der Waals surface area contributed by atoms with Crippen molar-refractivity contribution >= 4 is 15.9 Å². The molecule has 1 amide bonds. The Balaban J connectivity index is 2.15. The van der Waals surface area contributed by atoms with E-state index in [2.05, 4.69) is 5.32 Å². The summed E-state index contributed by atoms with van der Waals surface area (Å²) in [4.78, 5) is 12.4. The lowest BCUT2D eigenvalue weighted by Crippen LogP contribution is -2.31. The molecule has 8 heteroatoms. The molecular weight excluding hydrogens is 356 g/mol. The van der Waals surface area contributed by atoms with Crippen LogP contribution in [-0.4, -0.2) is 58.1 Å². The molecule has 26 heavy (non-hydrogen) atoms. The average molecular weight is 384 g/mol. The monoisotopic (exact) mass is 384 g/mol. The smallest absolute Gasteiger partial charge is 0.251 e. The standard InChI is InChI=1S/C18H28N2O5S/c1-4-20(5-2)26(22,23)17-13-14(8-9-16(17)24-3)18(21)19-11-10-15-7-6-12-25-15/h8-9,13,15H,4-7,10-12H2,1-3H3,(H,19,21). The molecule has 0 spiro atoms. The summed E-state index contributed by atoms with van der Waals surface area (Å²) < 4.78 is 37.7. The van der Waals surface area contributed by atoms with Crippen LogP contribution in [0.15, 0.2) is 23.1 Å². The van der Waals surface area contributed by atoms with Crippen LogP contribution in [0.3, 0.4) is 0 Å². The van der Waals surface area contributed by atoms with E-state index in [-0.39, 0.29) is 22.7 Å². The van der Waals surface area contributed by atoms with Gasteiger partial charge >= 0.3 is 0 Å². The molecule has 0 bridgehead atoms. The number of benzene rings is 1. The molecule has 0 aromatic heterocycles. The maximum atomic E-state index is 12.8. The van der Waals surface area contributed by atoms with Crippen molar-refractivity contribution in [2.75, 3.05) is 33.4 Å². The quantitative estimate of drug-likeness (QED) is 0.704.